The van der Waals surface area contributed by atoms with Crippen LogP contribution < -0.4 is 0 Å². The van der Waals surface area contributed by atoms with Crippen molar-refractivity contribution in [1.82, 2.24) is 9.55 Å². The molecule has 2 heterocycles. The largest absolute Gasteiger partial charge is 0.348 e. The number of ketones is 1. The highest BCUT2D eigenvalue weighted by molar-refractivity contribution is 5.99. The smallest absolute Gasteiger partial charge is 0.165 e. The Morgan fingerprint density at radius 3 is 2.86 bits per heavy atom. The molecule has 1 aliphatic rings. The van der Waals surface area contributed by atoms with Gasteiger partial charge in [0.2, 0.25) is 0 Å². The zero-order valence-electron chi connectivity index (χ0n) is 13.0. The molecule has 21 heavy (non-hydrogen) atoms. The average molecular weight is 282 g/mol. The minimum atomic E-state index is 0.0704. The van der Waals surface area contributed by atoms with E-state index in [1.807, 2.05) is 12.3 Å². The van der Waals surface area contributed by atoms with Crippen LogP contribution in [0.25, 0.3) is 0 Å². The minimum absolute atomic E-state index is 0.0704. The van der Waals surface area contributed by atoms with Crippen LogP contribution in [0.5, 0.6) is 0 Å². The third-order valence-corrected chi connectivity index (χ3v) is 4.35. The highest BCUT2D eigenvalue weighted by atomic mass is 16.1. The summed E-state index contributed by atoms with van der Waals surface area (Å²) in [6.07, 6.45) is 6.30. The van der Waals surface area contributed by atoms with Crippen molar-refractivity contribution >= 4 is 5.78 Å². The van der Waals surface area contributed by atoms with Crippen LogP contribution in [-0.2, 0) is 19.4 Å². The Labute approximate surface area is 126 Å². The second-order valence-electron chi connectivity index (χ2n) is 6.85. The maximum atomic E-state index is 12.3. The summed E-state index contributed by atoms with van der Waals surface area (Å²) in [6, 6.07) is 6.14. The minimum Gasteiger partial charge on any atom is -0.348 e. The molecule has 110 valence electrons. The molecule has 0 saturated carbocycles. The van der Waals surface area contributed by atoms with Crippen LogP contribution >= 0.6 is 0 Å². The second kappa shape index (κ2) is 5.14. The number of Topliss-reactive ketones (excluding diaryl/α,β-unsaturated/α-hetero) is 1. The SMILES string of the molecule is Cc1cc2c(n1CCc1cccnc1)CC(C)(C)CC2=O. The van der Waals surface area contributed by atoms with Crippen LogP contribution in [0.2, 0.25) is 0 Å². The van der Waals surface area contributed by atoms with Gasteiger partial charge in [0.15, 0.2) is 5.78 Å². The zero-order valence-corrected chi connectivity index (χ0v) is 13.0. The first kappa shape index (κ1) is 14.1. The Morgan fingerprint density at radius 1 is 1.33 bits per heavy atom. The molecule has 1 aliphatic carbocycles. The number of hydrogen-bond donors (Lipinski definition) is 0. The third kappa shape index (κ3) is 2.78. The van der Waals surface area contributed by atoms with Crippen LogP contribution in [0.3, 0.4) is 0 Å². The van der Waals surface area contributed by atoms with Gasteiger partial charge in [-0.15, -0.1) is 0 Å². The van der Waals surface area contributed by atoms with Crippen LogP contribution in [0.4, 0.5) is 0 Å². The molecular formula is C18H22N2O. The number of aryl methyl sites for hydroxylation is 2. The molecule has 0 saturated heterocycles. The molecule has 0 radical (unpaired) electrons. The lowest BCUT2D eigenvalue weighted by Gasteiger charge is -2.30. The summed E-state index contributed by atoms with van der Waals surface area (Å²) in [7, 11) is 0. The van der Waals surface area contributed by atoms with E-state index in [2.05, 4.69) is 42.5 Å². The van der Waals surface area contributed by atoms with Gasteiger partial charge in [-0.1, -0.05) is 19.9 Å². The maximum absolute atomic E-state index is 12.3. The van der Waals surface area contributed by atoms with E-state index in [9.17, 15) is 4.79 Å². The van der Waals surface area contributed by atoms with Gasteiger partial charge in [-0.2, -0.15) is 0 Å². The molecule has 2 aromatic heterocycles. The van der Waals surface area contributed by atoms with Gasteiger partial charge >= 0.3 is 0 Å². The summed E-state index contributed by atoms with van der Waals surface area (Å²) in [5.41, 5.74) is 4.66. The summed E-state index contributed by atoms with van der Waals surface area (Å²) in [5.74, 6) is 0.296. The van der Waals surface area contributed by atoms with Gasteiger partial charge < -0.3 is 4.57 Å². The lowest BCUT2D eigenvalue weighted by Crippen LogP contribution is -2.28. The fourth-order valence-electron chi connectivity index (χ4n) is 3.30. The van der Waals surface area contributed by atoms with Crippen LogP contribution in [0, 0.1) is 12.3 Å². The predicted molar refractivity (Wildman–Crippen MR) is 83.5 cm³/mol. The summed E-state index contributed by atoms with van der Waals surface area (Å²) >= 11 is 0. The van der Waals surface area contributed by atoms with Gasteiger partial charge in [0.05, 0.1) is 0 Å². The second-order valence-corrected chi connectivity index (χ2v) is 6.85. The van der Waals surface area contributed by atoms with Crippen molar-refractivity contribution in [3.8, 4) is 0 Å². The van der Waals surface area contributed by atoms with Crippen molar-refractivity contribution in [3.63, 3.8) is 0 Å². The van der Waals surface area contributed by atoms with E-state index in [1.165, 1.54) is 17.0 Å². The van der Waals surface area contributed by atoms with E-state index in [0.29, 0.717) is 12.2 Å². The summed E-state index contributed by atoms with van der Waals surface area (Å²) in [4.78, 5) is 16.5. The van der Waals surface area contributed by atoms with E-state index in [1.54, 1.807) is 6.20 Å². The van der Waals surface area contributed by atoms with E-state index in [0.717, 1.165) is 24.9 Å². The molecule has 0 N–H and O–H groups in total. The molecule has 3 heteroatoms. The van der Waals surface area contributed by atoms with Gasteiger partial charge in [0.1, 0.15) is 0 Å². The lowest BCUT2D eigenvalue weighted by molar-refractivity contribution is 0.0910. The molecule has 0 spiro atoms. The highest BCUT2D eigenvalue weighted by Gasteiger charge is 2.33. The van der Waals surface area contributed by atoms with Gasteiger partial charge in [-0.05, 0) is 42.9 Å². The predicted octanol–water partition coefficient (Wildman–Crippen LogP) is 3.59. The molecule has 0 aliphatic heterocycles. The summed E-state index contributed by atoms with van der Waals surface area (Å²) in [5, 5.41) is 0. The van der Waals surface area contributed by atoms with Crippen molar-refractivity contribution in [2.24, 2.45) is 5.41 Å². The van der Waals surface area contributed by atoms with Crippen molar-refractivity contribution in [3.05, 3.63) is 53.1 Å². The first-order chi connectivity index (χ1) is 9.96. The van der Waals surface area contributed by atoms with Crippen molar-refractivity contribution in [2.45, 2.75) is 46.6 Å². The molecule has 0 bridgehead atoms. The number of hydrogen-bond acceptors (Lipinski definition) is 2. The molecule has 0 fully saturated rings. The van der Waals surface area contributed by atoms with Gasteiger partial charge in [0.25, 0.3) is 0 Å². The van der Waals surface area contributed by atoms with Crippen LogP contribution in [0.1, 0.15) is 47.6 Å². The first-order valence-electron chi connectivity index (χ1n) is 7.57. The topological polar surface area (TPSA) is 34.9 Å². The third-order valence-electron chi connectivity index (χ3n) is 4.35. The van der Waals surface area contributed by atoms with Crippen LogP contribution in [0.15, 0.2) is 30.6 Å². The van der Waals surface area contributed by atoms with Gasteiger partial charge in [-0.25, -0.2) is 0 Å². The van der Waals surface area contributed by atoms with Crippen molar-refractivity contribution in [1.29, 1.82) is 0 Å². The quantitative estimate of drug-likeness (QED) is 0.862. The van der Waals surface area contributed by atoms with E-state index >= 15 is 0 Å². The standard InChI is InChI=1S/C18H22N2O/c1-13-9-15-16(10-18(2,3)11-17(15)21)20(13)8-6-14-5-4-7-19-12-14/h4-5,7,9,12H,6,8,10-11H2,1-3H3. The Hall–Kier alpha value is -1.90. The maximum Gasteiger partial charge on any atom is 0.165 e. The average Bonchev–Trinajstić information content (AvgIpc) is 2.73. The lowest BCUT2D eigenvalue weighted by atomic mass is 9.76. The number of fused-ring (bicyclic) bond motifs is 1. The molecule has 0 atom stereocenters. The Balaban J connectivity index is 1.88. The van der Waals surface area contributed by atoms with E-state index < -0.39 is 0 Å². The molecule has 0 unspecified atom stereocenters. The molecule has 2 aromatic rings. The van der Waals surface area contributed by atoms with Gasteiger partial charge in [0, 0.05) is 42.3 Å². The normalized spacial score (nSPS) is 16.8. The summed E-state index contributed by atoms with van der Waals surface area (Å²) in [6.45, 7) is 7.38. The Kier molecular flexibility index (Phi) is 3.44. The highest BCUT2D eigenvalue weighted by Crippen LogP contribution is 2.36. The number of aromatic nitrogens is 2. The van der Waals surface area contributed by atoms with E-state index in [-0.39, 0.29) is 5.41 Å². The molecule has 3 nitrogen and oxygen atoms in total. The van der Waals surface area contributed by atoms with Crippen molar-refractivity contribution in [2.75, 3.05) is 0 Å². The molecular weight excluding hydrogens is 260 g/mol. The number of carbonyl (C=O) groups is 1. The van der Waals surface area contributed by atoms with E-state index in [4.69, 9.17) is 0 Å². The Bertz CT molecular complexity index is 668. The van der Waals surface area contributed by atoms with Gasteiger partial charge in [-0.3, -0.25) is 9.78 Å². The molecule has 3 rings (SSSR count). The fraction of sp³-hybridized carbons (Fsp3) is 0.444. The van der Waals surface area contributed by atoms with Crippen LogP contribution in [-0.4, -0.2) is 15.3 Å². The zero-order chi connectivity index (χ0) is 15.0. The molecule has 0 amide bonds. The van der Waals surface area contributed by atoms with Crippen molar-refractivity contribution < 1.29 is 4.79 Å². The number of nitrogens with zero attached hydrogens (tertiary/aromatic N) is 2. The number of carbonyl (C=O) groups excluding carboxylic acids is 1. The fourth-order valence-corrected chi connectivity index (χ4v) is 3.30. The Morgan fingerprint density at radius 2 is 2.14 bits per heavy atom. The molecule has 0 aromatic carbocycles. The number of rotatable bonds is 3. The summed E-state index contributed by atoms with van der Waals surface area (Å²) < 4.78 is 2.32. The first-order valence-corrected chi connectivity index (χ1v) is 7.57. The monoisotopic (exact) mass is 282 g/mol. The number of pyridine rings is 1.